The maximum atomic E-state index is 5.43. The van der Waals surface area contributed by atoms with Crippen molar-refractivity contribution in [3.05, 3.63) is 18.6 Å². The third-order valence-corrected chi connectivity index (χ3v) is 2.01. The van der Waals surface area contributed by atoms with Gasteiger partial charge in [-0.15, -0.1) is 0 Å². The summed E-state index contributed by atoms with van der Waals surface area (Å²) in [7, 11) is 0. The molecule has 0 unspecified atom stereocenters. The van der Waals surface area contributed by atoms with E-state index in [1.165, 1.54) is 25.7 Å². The van der Waals surface area contributed by atoms with Gasteiger partial charge >= 0.3 is 0 Å². The van der Waals surface area contributed by atoms with Crippen molar-refractivity contribution in [1.82, 2.24) is 0 Å². The van der Waals surface area contributed by atoms with E-state index in [1.807, 2.05) is 6.07 Å². The number of ether oxygens (including phenoxy) is 1. The summed E-state index contributed by atoms with van der Waals surface area (Å²) in [6.07, 6.45) is 9.63. The van der Waals surface area contributed by atoms with Gasteiger partial charge in [0, 0.05) is 6.07 Å². The lowest BCUT2D eigenvalue weighted by Crippen LogP contribution is -1.95. The monoisotopic (exact) mass is 182 g/mol. The third-order valence-electron chi connectivity index (χ3n) is 2.01. The van der Waals surface area contributed by atoms with Crippen molar-refractivity contribution in [3.63, 3.8) is 0 Å². The minimum Gasteiger partial charge on any atom is -0.490 e. The van der Waals surface area contributed by atoms with Crippen LogP contribution < -0.4 is 4.74 Å². The maximum Gasteiger partial charge on any atom is 0.157 e. The van der Waals surface area contributed by atoms with Crippen molar-refractivity contribution in [3.8, 4) is 5.75 Å². The summed E-state index contributed by atoms with van der Waals surface area (Å²) < 4.78 is 10.3. The predicted octanol–water partition coefficient (Wildman–Crippen LogP) is 3.63. The summed E-state index contributed by atoms with van der Waals surface area (Å²) >= 11 is 0. The molecule has 0 radical (unpaired) electrons. The average molecular weight is 182 g/mol. The molecule has 0 N–H and O–H groups in total. The molecule has 0 saturated carbocycles. The normalized spacial score (nSPS) is 10.2. The van der Waals surface area contributed by atoms with E-state index in [1.54, 1.807) is 12.5 Å². The minimum atomic E-state index is 0.809. The molecule has 74 valence electrons. The lowest BCUT2D eigenvalue weighted by atomic mass is 10.2. The van der Waals surface area contributed by atoms with Gasteiger partial charge < -0.3 is 9.15 Å². The number of unbranched alkanes of at least 4 members (excludes halogenated alkanes) is 4. The third kappa shape index (κ3) is 4.61. The molecule has 0 atom stereocenters. The first-order valence-electron chi connectivity index (χ1n) is 5.08. The zero-order valence-corrected chi connectivity index (χ0v) is 8.29. The Balaban J connectivity index is 1.90. The molecule has 13 heavy (non-hydrogen) atoms. The molecule has 0 aliphatic carbocycles. The fourth-order valence-corrected chi connectivity index (χ4v) is 1.23. The molecule has 1 heterocycles. The second-order valence-corrected chi connectivity index (χ2v) is 3.22. The highest BCUT2D eigenvalue weighted by molar-refractivity contribution is 5.12. The molecule has 0 fully saturated rings. The number of furan rings is 1. The topological polar surface area (TPSA) is 22.4 Å². The lowest BCUT2D eigenvalue weighted by molar-refractivity contribution is 0.301. The molecule has 0 spiro atoms. The first kappa shape index (κ1) is 10.2. The van der Waals surface area contributed by atoms with Crippen LogP contribution in [0.3, 0.4) is 0 Å². The van der Waals surface area contributed by atoms with Gasteiger partial charge in [-0.25, -0.2) is 0 Å². The van der Waals surface area contributed by atoms with Crippen LogP contribution in [0, 0.1) is 0 Å². The van der Waals surface area contributed by atoms with Crippen molar-refractivity contribution in [2.75, 3.05) is 6.61 Å². The number of rotatable bonds is 7. The standard InChI is InChI=1S/C11H18O2/c1-2-3-4-5-6-8-13-11-7-9-12-10-11/h7,9-10H,2-6,8H2,1H3. The van der Waals surface area contributed by atoms with Crippen LogP contribution in [0.5, 0.6) is 5.75 Å². The Kier molecular flexibility index (Phi) is 5.14. The molecule has 0 amide bonds. The molecule has 2 nitrogen and oxygen atoms in total. The molecule has 0 aliphatic heterocycles. The van der Waals surface area contributed by atoms with Crippen molar-refractivity contribution in [1.29, 1.82) is 0 Å². The van der Waals surface area contributed by atoms with Gasteiger partial charge in [0.1, 0.15) is 6.26 Å². The van der Waals surface area contributed by atoms with Gasteiger partial charge in [-0.1, -0.05) is 32.6 Å². The van der Waals surface area contributed by atoms with Crippen LogP contribution in [-0.4, -0.2) is 6.61 Å². The SMILES string of the molecule is CCCCCCCOc1ccoc1. The van der Waals surface area contributed by atoms with Gasteiger partial charge in [0.2, 0.25) is 0 Å². The first-order chi connectivity index (χ1) is 6.43. The summed E-state index contributed by atoms with van der Waals surface area (Å²) in [5.74, 6) is 0.843. The zero-order valence-electron chi connectivity index (χ0n) is 8.29. The molecule has 0 aliphatic rings. The summed E-state index contributed by atoms with van der Waals surface area (Å²) in [6.45, 7) is 3.03. The summed E-state index contributed by atoms with van der Waals surface area (Å²) in [4.78, 5) is 0. The molecule has 1 rings (SSSR count). The van der Waals surface area contributed by atoms with Crippen LogP contribution in [0.1, 0.15) is 39.0 Å². The van der Waals surface area contributed by atoms with Gasteiger partial charge in [-0.05, 0) is 6.42 Å². The Hall–Kier alpha value is -0.920. The van der Waals surface area contributed by atoms with Gasteiger partial charge in [-0.2, -0.15) is 0 Å². The van der Waals surface area contributed by atoms with E-state index < -0.39 is 0 Å². The first-order valence-corrected chi connectivity index (χ1v) is 5.08. The fraction of sp³-hybridized carbons (Fsp3) is 0.636. The fourth-order valence-electron chi connectivity index (χ4n) is 1.23. The van der Waals surface area contributed by atoms with Crippen LogP contribution in [0.25, 0.3) is 0 Å². The summed E-state index contributed by atoms with van der Waals surface area (Å²) in [5.41, 5.74) is 0. The van der Waals surface area contributed by atoms with E-state index in [2.05, 4.69) is 6.92 Å². The molecule has 0 bridgehead atoms. The predicted molar refractivity (Wildman–Crippen MR) is 53.0 cm³/mol. The van der Waals surface area contributed by atoms with Crippen LogP contribution in [0.4, 0.5) is 0 Å². The van der Waals surface area contributed by atoms with Gasteiger partial charge in [0.05, 0.1) is 12.9 Å². The van der Waals surface area contributed by atoms with Crippen molar-refractivity contribution in [2.24, 2.45) is 0 Å². The van der Waals surface area contributed by atoms with E-state index in [0.717, 1.165) is 18.8 Å². The van der Waals surface area contributed by atoms with Crippen molar-refractivity contribution in [2.45, 2.75) is 39.0 Å². The average Bonchev–Trinajstić information content (AvgIpc) is 2.63. The second kappa shape index (κ2) is 6.58. The Morgan fingerprint density at radius 2 is 2.08 bits per heavy atom. The Labute approximate surface area is 79.9 Å². The van der Waals surface area contributed by atoms with Crippen molar-refractivity contribution < 1.29 is 9.15 Å². The van der Waals surface area contributed by atoms with E-state index >= 15 is 0 Å². The molecule has 1 aromatic heterocycles. The summed E-state index contributed by atoms with van der Waals surface area (Å²) in [6, 6.07) is 1.84. The molecular formula is C11H18O2. The van der Waals surface area contributed by atoms with Gasteiger partial charge in [0.25, 0.3) is 0 Å². The second-order valence-electron chi connectivity index (χ2n) is 3.22. The minimum absolute atomic E-state index is 0.809. The van der Waals surface area contributed by atoms with E-state index in [-0.39, 0.29) is 0 Å². The molecule has 0 saturated heterocycles. The quantitative estimate of drug-likeness (QED) is 0.601. The molecular weight excluding hydrogens is 164 g/mol. The van der Waals surface area contributed by atoms with Crippen LogP contribution in [0.2, 0.25) is 0 Å². The van der Waals surface area contributed by atoms with E-state index in [9.17, 15) is 0 Å². The van der Waals surface area contributed by atoms with Gasteiger partial charge in [0.15, 0.2) is 5.75 Å². The van der Waals surface area contributed by atoms with Crippen molar-refractivity contribution >= 4 is 0 Å². The van der Waals surface area contributed by atoms with E-state index in [4.69, 9.17) is 9.15 Å². The number of hydrogen-bond donors (Lipinski definition) is 0. The van der Waals surface area contributed by atoms with Gasteiger partial charge in [-0.3, -0.25) is 0 Å². The lowest BCUT2D eigenvalue weighted by Gasteiger charge is -2.02. The Bertz CT molecular complexity index is 192. The zero-order chi connectivity index (χ0) is 9.36. The smallest absolute Gasteiger partial charge is 0.157 e. The molecule has 1 aromatic rings. The highest BCUT2D eigenvalue weighted by Gasteiger charge is 1.93. The maximum absolute atomic E-state index is 5.43. The highest BCUT2D eigenvalue weighted by atomic mass is 16.5. The number of hydrogen-bond acceptors (Lipinski definition) is 2. The molecule has 2 heteroatoms. The summed E-state index contributed by atoms with van der Waals surface area (Å²) in [5, 5.41) is 0. The van der Waals surface area contributed by atoms with Crippen LogP contribution >= 0.6 is 0 Å². The van der Waals surface area contributed by atoms with Crippen LogP contribution in [0.15, 0.2) is 23.0 Å². The largest absolute Gasteiger partial charge is 0.490 e. The highest BCUT2D eigenvalue weighted by Crippen LogP contribution is 2.11. The molecule has 0 aromatic carbocycles. The Morgan fingerprint density at radius 1 is 1.23 bits per heavy atom. The van der Waals surface area contributed by atoms with Crippen LogP contribution in [-0.2, 0) is 0 Å². The van der Waals surface area contributed by atoms with E-state index in [0.29, 0.717) is 0 Å². The Morgan fingerprint density at radius 3 is 2.77 bits per heavy atom.